The van der Waals surface area contributed by atoms with E-state index in [0.717, 1.165) is 5.56 Å². The number of aliphatic hydroxyl groups is 1. The number of carbonyl (C=O) groups is 2. The van der Waals surface area contributed by atoms with E-state index in [1.807, 2.05) is 13.8 Å². The number of benzene rings is 2. The zero-order valence-corrected chi connectivity index (χ0v) is 19.8. The molecule has 2 aromatic carbocycles. The van der Waals surface area contributed by atoms with E-state index in [1.165, 1.54) is 4.90 Å². The predicted octanol–water partition coefficient (Wildman–Crippen LogP) is 5.08. The smallest absolute Gasteiger partial charge is 0.300 e. The second-order valence-corrected chi connectivity index (χ2v) is 8.77. The highest BCUT2D eigenvalue weighted by Gasteiger charge is 2.48. The SMILES string of the molecule is COc1ccc(/C(O)=C2/C(=O)C(=O)N(c3ccc4c(c3)OCO4)C2c2ccc(C)o2)cc1C(C)C. The Kier molecular flexibility index (Phi) is 5.51. The number of hydrogen-bond donors (Lipinski definition) is 1. The topological polar surface area (TPSA) is 98.4 Å². The van der Waals surface area contributed by atoms with Crippen molar-refractivity contribution in [3.05, 3.63) is 76.8 Å². The van der Waals surface area contributed by atoms with Crippen LogP contribution in [0.25, 0.3) is 5.76 Å². The molecule has 0 saturated carbocycles. The number of methoxy groups -OCH3 is 1. The molecule has 8 heteroatoms. The molecule has 2 aliphatic rings. The largest absolute Gasteiger partial charge is 0.507 e. The van der Waals surface area contributed by atoms with Crippen LogP contribution in [0.4, 0.5) is 5.69 Å². The molecule has 0 aliphatic carbocycles. The van der Waals surface area contributed by atoms with E-state index >= 15 is 0 Å². The van der Waals surface area contributed by atoms with Gasteiger partial charge in [-0.2, -0.15) is 0 Å². The lowest BCUT2D eigenvalue weighted by Crippen LogP contribution is -2.29. The van der Waals surface area contributed by atoms with Gasteiger partial charge in [-0.1, -0.05) is 13.8 Å². The molecule has 1 saturated heterocycles. The molecule has 2 aliphatic heterocycles. The zero-order valence-electron chi connectivity index (χ0n) is 19.8. The van der Waals surface area contributed by atoms with Crippen LogP contribution >= 0.6 is 0 Å². The van der Waals surface area contributed by atoms with E-state index in [9.17, 15) is 14.7 Å². The lowest BCUT2D eigenvalue weighted by molar-refractivity contribution is -0.132. The second-order valence-electron chi connectivity index (χ2n) is 8.77. The first kappa shape index (κ1) is 22.6. The summed E-state index contributed by atoms with van der Waals surface area (Å²) in [4.78, 5) is 28.0. The van der Waals surface area contributed by atoms with E-state index in [2.05, 4.69) is 0 Å². The van der Waals surface area contributed by atoms with E-state index in [4.69, 9.17) is 18.6 Å². The Labute approximate surface area is 202 Å². The number of nitrogens with zero attached hydrogens (tertiary/aromatic N) is 1. The fourth-order valence-corrected chi connectivity index (χ4v) is 4.49. The van der Waals surface area contributed by atoms with Crippen LogP contribution in [0.5, 0.6) is 17.2 Å². The minimum absolute atomic E-state index is 0.0538. The average molecular weight is 475 g/mol. The Morgan fingerprint density at radius 1 is 1.06 bits per heavy atom. The highest BCUT2D eigenvalue weighted by molar-refractivity contribution is 6.51. The van der Waals surface area contributed by atoms with Gasteiger partial charge in [0.25, 0.3) is 11.7 Å². The van der Waals surface area contributed by atoms with Crippen LogP contribution in [0.2, 0.25) is 0 Å². The third-order valence-corrected chi connectivity index (χ3v) is 6.23. The summed E-state index contributed by atoms with van der Waals surface area (Å²) in [6, 6.07) is 12.7. The van der Waals surface area contributed by atoms with Crippen molar-refractivity contribution in [3.8, 4) is 17.2 Å². The van der Waals surface area contributed by atoms with Crippen molar-refractivity contribution < 1.29 is 33.3 Å². The highest BCUT2D eigenvalue weighted by Crippen LogP contribution is 2.45. The summed E-state index contributed by atoms with van der Waals surface area (Å²) in [6.45, 7) is 5.86. The molecule has 8 nitrogen and oxygen atoms in total. The number of aryl methyl sites for hydroxylation is 1. The Morgan fingerprint density at radius 3 is 2.51 bits per heavy atom. The quantitative estimate of drug-likeness (QED) is 0.312. The standard InChI is InChI=1S/C27H25NO7/c1-14(2)18-11-16(6-9-19(18)32-4)25(29)23-24(21-8-5-15(3)35-21)28(27(31)26(23)30)17-7-10-20-22(12-17)34-13-33-20/h5-12,14,24,29H,13H2,1-4H3/b25-23-. The molecule has 1 N–H and O–H groups in total. The number of aliphatic hydroxyl groups excluding tert-OH is 1. The molecule has 1 amide bonds. The Bertz CT molecular complexity index is 1370. The second kappa shape index (κ2) is 8.54. The Balaban J connectivity index is 1.69. The van der Waals surface area contributed by atoms with Crippen molar-refractivity contribution in [2.75, 3.05) is 18.8 Å². The van der Waals surface area contributed by atoms with E-state index < -0.39 is 17.7 Å². The van der Waals surface area contributed by atoms with E-state index in [0.29, 0.717) is 40.0 Å². The molecular formula is C27H25NO7. The number of ether oxygens (including phenoxy) is 3. The van der Waals surface area contributed by atoms with Gasteiger partial charge in [0.1, 0.15) is 29.1 Å². The van der Waals surface area contributed by atoms with Gasteiger partial charge in [-0.3, -0.25) is 14.5 Å². The fourth-order valence-electron chi connectivity index (χ4n) is 4.49. The number of carbonyl (C=O) groups excluding carboxylic acids is 2. The molecule has 1 fully saturated rings. The maximum Gasteiger partial charge on any atom is 0.300 e. The Hall–Kier alpha value is -4.20. The molecule has 3 heterocycles. The maximum atomic E-state index is 13.3. The number of anilines is 1. The minimum Gasteiger partial charge on any atom is -0.507 e. The van der Waals surface area contributed by atoms with E-state index in [-0.39, 0.29) is 24.0 Å². The van der Waals surface area contributed by atoms with Crippen LogP contribution in [0, 0.1) is 6.92 Å². The van der Waals surface area contributed by atoms with Gasteiger partial charge in [0, 0.05) is 17.3 Å². The summed E-state index contributed by atoms with van der Waals surface area (Å²) in [5, 5.41) is 11.4. The van der Waals surface area contributed by atoms with Gasteiger partial charge in [-0.05, 0) is 60.9 Å². The number of rotatable bonds is 5. The molecule has 3 aromatic rings. The summed E-state index contributed by atoms with van der Waals surface area (Å²) in [7, 11) is 1.58. The lowest BCUT2D eigenvalue weighted by atomic mass is 9.95. The molecule has 1 atom stereocenters. The molecule has 1 aromatic heterocycles. The summed E-state index contributed by atoms with van der Waals surface area (Å²) in [5.41, 5.74) is 1.65. The van der Waals surface area contributed by atoms with Crippen molar-refractivity contribution in [3.63, 3.8) is 0 Å². The van der Waals surface area contributed by atoms with Crippen molar-refractivity contribution >= 4 is 23.1 Å². The molecule has 1 unspecified atom stereocenters. The van der Waals surface area contributed by atoms with Crippen LogP contribution in [0.3, 0.4) is 0 Å². The van der Waals surface area contributed by atoms with E-state index in [1.54, 1.807) is 62.6 Å². The van der Waals surface area contributed by atoms with Gasteiger partial charge in [-0.15, -0.1) is 0 Å². The number of fused-ring (bicyclic) bond motifs is 1. The molecular weight excluding hydrogens is 450 g/mol. The van der Waals surface area contributed by atoms with Gasteiger partial charge in [0.2, 0.25) is 6.79 Å². The highest BCUT2D eigenvalue weighted by atomic mass is 16.7. The number of Topliss-reactive ketones (excluding diaryl/α,β-unsaturated/α-hetero) is 1. The molecule has 0 spiro atoms. The number of amides is 1. The third kappa shape index (κ3) is 3.71. The molecule has 0 radical (unpaired) electrons. The summed E-state index contributed by atoms with van der Waals surface area (Å²) >= 11 is 0. The van der Waals surface area contributed by atoms with Gasteiger partial charge >= 0.3 is 0 Å². The van der Waals surface area contributed by atoms with Crippen molar-refractivity contribution in [2.24, 2.45) is 0 Å². The maximum absolute atomic E-state index is 13.3. The van der Waals surface area contributed by atoms with Crippen LogP contribution in [0.1, 0.15) is 48.5 Å². The van der Waals surface area contributed by atoms with Crippen molar-refractivity contribution in [1.82, 2.24) is 0 Å². The number of hydrogen-bond acceptors (Lipinski definition) is 7. The summed E-state index contributed by atoms with van der Waals surface area (Å²) in [6.07, 6.45) is 0. The van der Waals surface area contributed by atoms with Crippen LogP contribution in [-0.2, 0) is 9.59 Å². The van der Waals surface area contributed by atoms with Crippen LogP contribution in [-0.4, -0.2) is 30.7 Å². The first-order chi connectivity index (χ1) is 16.8. The molecule has 35 heavy (non-hydrogen) atoms. The van der Waals surface area contributed by atoms with Crippen LogP contribution in [0.15, 0.2) is 58.5 Å². The lowest BCUT2D eigenvalue weighted by Gasteiger charge is -2.23. The molecule has 5 rings (SSSR count). The summed E-state index contributed by atoms with van der Waals surface area (Å²) in [5.74, 6) is 0.915. The number of furan rings is 1. The first-order valence-corrected chi connectivity index (χ1v) is 11.3. The minimum atomic E-state index is -0.964. The zero-order chi connectivity index (χ0) is 24.9. The molecule has 0 bridgehead atoms. The van der Waals surface area contributed by atoms with Gasteiger partial charge < -0.3 is 23.7 Å². The van der Waals surface area contributed by atoms with Gasteiger partial charge in [-0.25, -0.2) is 0 Å². The molecule has 180 valence electrons. The fraction of sp³-hybridized carbons (Fsp3) is 0.259. The average Bonchev–Trinajstić information content (AvgIpc) is 3.56. The number of ketones is 1. The summed E-state index contributed by atoms with van der Waals surface area (Å²) < 4.78 is 22.1. The normalized spacial score (nSPS) is 18.5. The monoisotopic (exact) mass is 475 g/mol. The first-order valence-electron chi connectivity index (χ1n) is 11.3. The predicted molar refractivity (Wildman–Crippen MR) is 128 cm³/mol. The van der Waals surface area contributed by atoms with Gasteiger partial charge in [0.05, 0.1) is 12.7 Å². The third-order valence-electron chi connectivity index (χ3n) is 6.23. The van der Waals surface area contributed by atoms with Gasteiger partial charge in [0.15, 0.2) is 11.5 Å². The Morgan fingerprint density at radius 2 is 1.83 bits per heavy atom. The van der Waals surface area contributed by atoms with Crippen molar-refractivity contribution in [1.29, 1.82) is 0 Å². The van der Waals surface area contributed by atoms with Crippen LogP contribution < -0.4 is 19.1 Å². The van der Waals surface area contributed by atoms with Crippen molar-refractivity contribution in [2.45, 2.75) is 32.7 Å².